The molecule has 0 fully saturated rings. The van der Waals surface area contributed by atoms with Crippen LogP contribution in [0.4, 0.5) is 0 Å². The monoisotopic (exact) mass is 369 g/mol. The Morgan fingerprint density at radius 1 is 1.19 bits per heavy atom. The fourth-order valence-corrected chi connectivity index (χ4v) is 2.99. The Morgan fingerprint density at radius 3 is 2.74 bits per heavy atom. The minimum absolute atomic E-state index is 0.251. The first-order chi connectivity index (χ1) is 12.9. The lowest BCUT2D eigenvalue weighted by molar-refractivity contribution is -0.142. The fraction of sp³-hybridized carbons (Fsp3) is 0.333. The van der Waals surface area contributed by atoms with E-state index in [1.165, 1.54) is 0 Å². The lowest BCUT2D eigenvalue weighted by Crippen LogP contribution is -2.36. The van der Waals surface area contributed by atoms with E-state index in [4.69, 9.17) is 9.47 Å². The molecule has 3 rings (SSSR count). The number of rotatable bonds is 7. The average Bonchev–Trinajstić information content (AvgIpc) is 3.12. The molecule has 142 valence electrons. The van der Waals surface area contributed by atoms with Gasteiger partial charge in [0.05, 0.1) is 6.61 Å². The van der Waals surface area contributed by atoms with Crippen molar-refractivity contribution in [2.45, 2.75) is 32.2 Å². The molecule has 0 aliphatic carbocycles. The lowest BCUT2D eigenvalue weighted by atomic mass is 10.0. The Balaban J connectivity index is 1.64. The number of carboxylic acid groups (broad SMARTS) is 1. The first kappa shape index (κ1) is 18.8. The highest BCUT2D eigenvalue weighted by atomic mass is 16.5. The molecule has 1 aliphatic rings. The molecule has 1 heterocycles. The molecular weight excluding hydrogens is 346 g/mol. The number of hydrogen-bond acceptors (Lipinski definition) is 4. The maximum Gasteiger partial charge on any atom is 0.330 e. The highest BCUT2D eigenvalue weighted by Crippen LogP contribution is 2.28. The van der Waals surface area contributed by atoms with Crippen LogP contribution < -0.4 is 14.8 Å². The summed E-state index contributed by atoms with van der Waals surface area (Å²) in [5.74, 6) is 0.0844. The van der Waals surface area contributed by atoms with Crippen molar-refractivity contribution < 1.29 is 24.2 Å². The molecule has 0 bridgehead atoms. The molecule has 0 saturated carbocycles. The summed E-state index contributed by atoms with van der Waals surface area (Å²) in [5.41, 5.74) is 2.58. The van der Waals surface area contributed by atoms with E-state index in [2.05, 4.69) is 19.2 Å². The minimum Gasteiger partial charge on any atom is -0.493 e. The highest BCUT2D eigenvalue weighted by molar-refractivity contribution is 5.85. The molecule has 6 heteroatoms. The number of carbonyl (C=O) groups is 2. The van der Waals surface area contributed by atoms with Crippen molar-refractivity contribution in [2.75, 3.05) is 13.2 Å². The predicted octanol–water partition coefficient (Wildman–Crippen LogP) is 3.07. The van der Waals surface area contributed by atoms with Gasteiger partial charge in [-0.25, -0.2) is 4.79 Å². The van der Waals surface area contributed by atoms with Crippen LogP contribution in [-0.4, -0.2) is 30.2 Å². The number of benzene rings is 2. The van der Waals surface area contributed by atoms with E-state index < -0.39 is 17.9 Å². The Hall–Kier alpha value is -3.02. The highest BCUT2D eigenvalue weighted by Gasteiger charge is 2.24. The number of carboxylic acids is 1. The van der Waals surface area contributed by atoms with Crippen LogP contribution in [0.1, 0.15) is 42.5 Å². The van der Waals surface area contributed by atoms with Gasteiger partial charge < -0.3 is 19.9 Å². The van der Waals surface area contributed by atoms with Crippen LogP contribution in [0.3, 0.4) is 0 Å². The van der Waals surface area contributed by atoms with Gasteiger partial charge in [0.25, 0.3) is 5.91 Å². The van der Waals surface area contributed by atoms with Crippen molar-refractivity contribution in [2.24, 2.45) is 0 Å². The number of nitrogens with one attached hydrogen (secondary N) is 1. The molecule has 1 atom stereocenters. The van der Waals surface area contributed by atoms with Crippen LogP contribution in [0.2, 0.25) is 0 Å². The predicted molar refractivity (Wildman–Crippen MR) is 100 cm³/mol. The number of carbonyl (C=O) groups excluding carboxylic acids is 1. The third-order valence-corrected chi connectivity index (χ3v) is 4.49. The van der Waals surface area contributed by atoms with Gasteiger partial charge in [0.1, 0.15) is 11.5 Å². The number of aliphatic carboxylic acids is 1. The largest absolute Gasteiger partial charge is 0.493 e. The molecule has 0 aromatic heterocycles. The fourth-order valence-electron chi connectivity index (χ4n) is 2.99. The number of ether oxygens (including phenoxy) is 2. The summed E-state index contributed by atoms with van der Waals surface area (Å²) in [5, 5.41) is 12.0. The maximum atomic E-state index is 12.2. The minimum atomic E-state index is -1.13. The molecule has 2 aromatic rings. The topological polar surface area (TPSA) is 84.9 Å². The van der Waals surface area contributed by atoms with Crippen LogP contribution in [0.15, 0.2) is 42.5 Å². The van der Waals surface area contributed by atoms with Gasteiger partial charge in [-0.2, -0.15) is 0 Å². The molecule has 2 N–H and O–H groups in total. The third-order valence-electron chi connectivity index (χ3n) is 4.49. The zero-order chi connectivity index (χ0) is 19.4. The van der Waals surface area contributed by atoms with Crippen LogP contribution in [0.5, 0.6) is 11.5 Å². The number of hydrogen-bond donors (Lipinski definition) is 2. The molecule has 1 amide bonds. The number of fused-ring (bicyclic) bond motifs is 1. The summed E-state index contributed by atoms with van der Waals surface area (Å²) in [4.78, 5) is 23.9. The average molecular weight is 369 g/mol. The Morgan fingerprint density at radius 2 is 2.00 bits per heavy atom. The maximum absolute atomic E-state index is 12.2. The molecule has 1 unspecified atom stereocenters. The second kappa shape index (κ2) is 8.12. The van der Waals surface area contributed by atoms with Crippen LogP contribution in [0, 0.1) is 0 Å². The van der Waals surface area contributed by atoms with Crippen LogP contribution >= 0.6 is 0 Å². The first-order valence-corrected chi connectivity index (χ1v) is 8.94. The second-order valence-electron chi connectivity index (χ2n) is 6.82. The SMILES string of the molecule is CC(C)c1cccc(OCC(=O)NC(C(=O)O)c2ccc3c(c2)CCO3)c1. The summed E-state index contributed by atoms with van der Waals surface area (Å²) in [6.45, 7) is 4.49. The van der Waals surface area contributed by atoms with E-state index >= 15 is 0 Å². The van der Waals surface area contributed by atoms with Gasteiger partial charge in [0.15, 0.2) is 12.6 Å². The quantitative estimate of drug-likeness (QED) is 0.783. The Kier molecular flexibility index (Phi) is 5.64. The zero-order valence-electron chi connectivity index (χ0n) is 15.4. The summed E-state index contributed by atoms with van der Waals surface area (Å²) < 4.78 is 11.0. The van der Waals surface area contributed by atoms with Gasteiger partial charge in [0.2, 0.25) is 0 Å². The van der Waals surface area contributed by atoms with Crippen molar-refractivity contribution in [3.05, 3.63) is 59.2 Å². The molecular formula is C21H23NO5. The van der Waals surface area contributed by atoms with Crippen molar-refractivity contribution >= 4 is 11.9 Å². The molecule has 0 saturated heterocycles. The van der Waals surface area contributed by atoms with E-state index in [0.717, 1.165) is 23.3 Å². The van der Waals surface area contributed by atoms with Gasteiger partial charge in [-0.3, -0.25) is 4.79 Å². The smallest absolute Gasteiger partial charge is 0.330 e. The van der Waals surface area contributed by atoms with Crippen molar-refractivity contribution in [1.29, 1.82) is 0 Å². The van der Waals surface area contributed by atoms with Crippen molar-refractivity contribution in [3.63, 3.8) is 0 Å². The summed E-state index contributed by atoms with van der Waals surface area (Å²) >= 11 is 0. The summed E-state index contributed by atoms with van der Waals surface area (Å²) in [7, 11) is 0. The van der Waals surface area contributed by atoms with E-state index in [-0.39, 0.29) is 6.61 Å². The molecule has 6 nitrogen and oxygen atoms in total. The van der Waals surface area contributed by atoms with E-state index in [9.17, 15) is 14.7 Å². The van der Waals surface area contributed by atoms with E-state index in [1.54, 1.807) is 24.3 Å². The van der Waals surface area contributed by atoms with E-state index in [1.807, 2.05) is 18.2 Å². The molecule has 27 heavy (non-hydrogen) atoms. The number of amides is 1. The summed E-state index contributed by atoms with van der Waals surface area (Å²) in [6, 6.07) is 11.6. The molecule has 0 radical (unpaired) electrons. The summed E-state index contributed by atoms with van der Waals surface area (Å²) in [6.07, 6.45) is 0.735. The normalized spacial score (nSPS) is 13.6. The van der Waals surface area contributed by atoms with Crippen LogP contribution in [0.25, 0.3) is 0 Å². The van der Waals surface area contributed by atoms with E-state index in [0.29, 0.717) is 23.8 Å². The first-order valence-electron chi connectivity index (χ1n) is 8.94. The molecule has 2 aromatic carbocycles. The standard InChI is InChI=1S/C21H23NO5/c1-13(2)14-4-3-5-17(11-14)27-12-19(23)22-20(21(24)25)16-6-7-18-15(10-16)8-9-26-18/h3-7,10-11,13,20H,8-9,12H2,1-2H3,(H,22,23)(H,24,25). The zero-order valence-corrected chi connectivity index (χ0v) is 15.4. The molecule has 1 aliphatic heterocycles. The van der Waals surface area contributed by atoms with Crippen molar-refractivity contribution in [1.82, 2.24) is 5.32 Å². The van der Waals surface area contributed by atoms with Gasteiger partial charge >= 0.3 is 5.97 Å². The second-order valence-corrected chi connectivity index (χ2v) is 6.82. The van der Waals surface area contributed by atoms with Crippen LogP contribution in [-0.2, 0) is 16.0 Å². The Bertz CT molecular complexity index is 846. The van der Waals surface area contributed by atoms with Crippen molar-refractivity contribution in [3.8, 4) is 11.5 Å². The lowest BCUT2D eigenvalue weighted by Gasteiger charge is -2.16. The third kappa shape index (κ3) is 4.58. The van der Waals surface area contributed by atoms with Gasteiger partial charge in [-0.15, -0.1) is 0 Å². The van der Waals surface area contributed by atoms with Gasteiger partial charge in [0, 0.05) is 6.42 Å². The van der Waals surface area contributed by atoms with Gasteiger partial charge in [-0.05, 0) is 46.9 Å². The molecule has 0 spiro atoms. The Labute approximate surface area is 158 Å². The van der Waals surface area contributed by atoms with Gasteiger partial charge in [-0.1, -0.05) is 32.0 Å².